The lowest BCUT2D eigenvalue weighted by atomic mass is 9.44. The Hall–Kier alpha value is -1.88. The zero-order valence-electron chi connectivity index (χ0n) is 19.0. The molecule has 3 aliphatic rings. The molecule has 0 radical (unpaired) electrons. The molecule has 0 N–H and O–H groups in total. The largest absolute Gasteiger partial charge is 0.427 e. The van der Waals surface area contributed by atoms with Crippen molar-refractivity contribution in [3.63, 3.8) is 0 Å². The standard InChI is InChI=1S/C25H34O5/c1-15-11-12-24(5)21(9-10-22-25(24,6)30-22)23(15,4)14-18-13-19(28-16(2)26)7-8-20(18)29-17(3)27/h7-8,13,15,21-22H,9-12,14H2,1-6H3/t15-,21-,22-,23+,24-,25+/m1/s1. The van der Waals surface area contributed by atoms with Crippen LogP contribution in [0.25, 0.3) is 0 Å². The molecule has 1 heterocycles. The van der Waals surface area contributed by atoms with E-state index >= 15 is 0 Å². The van der Waals surface area contributed by atoms with Gasteiger partial charge in [-0.15, -0.1) is 0 Å². The molecule has 1 aromatic rings. The van der Waals surface area contributed by atoms with Crippen molar-refractivity contribution in [3.8, 4) is 11.5 Å². The van der Waals surface area contributed by atoms with E-state index in [0.717, 1.165) is 31.2 Å². The Morgan fingerprint density at radius 3 is 2.43 bits per heavy atom. The van der Waals surface area contributed by atoms with Crippen molar-refractivity contribution in [1.29, 1.82) is 0 Å². The van der Waals surface area contributed by atoms with Crippen LogP contribution in [0.4, 0.5) is 0 Å². The van der Waals surface area contributed by atoms with Crippen molar-refractivity contribution in [2.75, 3.05) is 0 Å². The van der Waals surface area contributed by atoms with Gasteiger partial charge in [-0.2, -0.15) is 0 Å². The molecule has 1 aromatic carbocycles. The molecule has 1 aliphatic heterocycles. The van der Waals surface area contributed by atoms with Gasteiger partial charge in [0.25, 0.3) is 0 Å². The van der Waals surface area contributed by atoms with Gasteiger partial charge in [0.2, 0.25) is 0 Å². The molecular formula is C25H34O5. The number of carbonyl (C=O) groups excluding carboxylic acids is 2. The summed E-state index contributed by atoms with van der Waals surface area (Å²) in [6.07, 6.45) is 5.79. The summed E-state index contributed by atoms with van der Waals surface area (Å²) in [6, 6.07) is 5.29. The molecule has 0 bridgehead atoms. The van der Waals surface area contributed by atoms with Gasteiger partial charge in [-0.3, -0.25) is 9.59 Å². The molecule has 3 fully saturated rings. The van der Waals surface area contributed by atoms with Crippen LogP contribution in [0.2, 0.25) is 0 Å². The predicted molar refractivity (Wildman–Crippen MR) is 113 cm³/mol. The normalized spacial score (nSPS) is 39.5. The van der Waals surface area contributed by atoms with E-state index in [-0.39, 0.29) is 28.4 Å². The van der Waals surface area contributed by atoms with E-state index in [1.807, 2.05) is 6.07 Å². The third-order valence-electron chi connectivity index (χ3n) is 8.70. The highest BCUT2D eigenvalue weighted by atomic mass is 16.6. The molecule has 0 aromatic heterocycles. The van der Waals surface area contributed by atoms with E-state index in [0.29, 0.717) is 29.4 Å². The van der Waals surface area contributed by atoms with Crippen LogP contribution >= 0.6 is 0 Å². The predicted octanol–water partition coefficient (Wildman–Crippen LogP) is 5.09. The molecule has 2 saturated carbocycles. The van der Waals surface area contributed by atoms with E-state index in [9.17, 15) is 9.59 Å². The van der Waals surface area contributed by atoms with Gasteiger partial charge in [-0.1, -0.05) is 20.8 Å². The molecule has 1 saturated heterocycles. The van der Waals surface area contributed by atoms with Crippen LogP contribution in [0.15, 0.2) is 18.2 Å². The number of benzene rings is 1. The SMILES string of the molecule is CC(=O)Oc1ccc(OC(C)=O)c(C[C@@]2(C)[C@H](C)CC[C@]3(C)[C@@H]2CC[C@H]2O[C@@]23C)c1. The van der Waals surface area contributed by atoms with Crippen LogP contribution in [0, 0.1) is 22.7 Å². The molecule has 4 rings (SSSR count). The fraction of sp³-hybridized carbons (Fsp3) is 0.680. The lowest BCUT2D eigenvalue weighted by Gasteiger charge is -2.59. The van der Waals surface area contributed by atoms with E-state index in [1.54, 1.807) is 12.1 Å². The molecule has 0 unspecified atom stereocenters. The minimum Gasteiger partial charge on any atom is -0.427 e. The van der Waals surface area contributed by atoms with Crippen LogP contribution in [0.1, 0.15) is 72.8 Å². The minimum absolute atomic E-state index is 0.0182. The highest BCUT2D eigenvalue weighted by Crippen LogP contribution is 2.70. The number of fused-ring (bicyclic) bond motifs is 3. The van der Waals surface area contributed by atoms with E-state index in [1.165, 1.54) is 20.3 Å². The van der Waals surface area contributed by atoms with Crippen LogP contribution in [-0.4, -0.2) is 23.6 Å². The summed E-state index contributed by atoms with van der Waals surface area (Å²) in [7, 11) is 0. The first-order valence-corrected chi connectivity index (χ1v) is 11.2. The number of hydrogen-bond donors (Lipinski definition) is 0. The Balaban J connectivity index is 1.72. The lowest BCUT2D eigenvalue weighted by Crippen LogP contribution is -2.56. The minimum atomic E-state index is -0.358. The van der Waals surface area contributed by atoms with Crippen LogP contribution in [0.3, 0.4) is 0 Å². The van der Waals surface area contributed by atoms with Gasteiger partial charge in [0, 0.05) is 19.3 Å². The van der Waals surface area contributed by atoms with Crippen molar-refractivity contribution in [1.82, 2.24) is 0 Å². The molecule has 5 heteroatoms. The summed E-state index contributed by atoms with van der Waals surface area (Å²) in [6.45, 7) is 12.3. The number of hydrogen-bond acceptors (Lipinski definition) is 5. The molecule has 30 heavy (non-hydrogen) atoms. The van der Waals surface area contributed by atoms with Crippen LogP contribution in [-0.2, 0) is 20.7 Å². The first-order chi connectivity index (χ1) is 14.0. The Bertz CT molecular complexity index is 878. The monoisotopic (exact) mass is 414 g/mol. The van der Waals surface area contributed by atoms with Crippen molar-refractivity contribution >= 4 is 11.9 Å². The van der Waals surface area contributed by atoms with Crippen molar-refractivity contribution in [2.24, 2.45) is 22.7 Å². The summed E-state index contributed by atoms with van der Waals surface area (Å²) in [5, 5.41) is 0. The molecule has 164 valence electrons. The molecule has 5 nitrogen and oxygen atoms in total. The Morgan fingerprint density at radius 2 is 1.77 bits per heavy atom. The van der Waals surface area contributed by atoms with Gasteiger partial charge in [0.1, 0.15) is 11.5 Å². The average Bonchev–Trinajstić information content (AvgIpc) is 3.33. The summed E-state index contributed by atoms with van der Waals surface area (Å²) in [5.74, 6) is 1.38. The highest BCUT2D eigenvalue weighted by Gasteiger charge is 2.71. The van der Waals surface area contributed by atoms with E-state index in [4.69, 9.17) is 14.2 Å². The third kappa shape index (κ3) is 3.26. The molecule has 0 spiro atoms. The van der Waals surface area contributed by atoms with Crippen molar-refractivity contribution in [2.45, 2.75) is 85.4 Å². The number of ether oxygens (including phenoxy) is 3. The number of epoxide rings is 1. The van der Waals surface area contributed by atoms with Gasteiger partial charge in [0.15, 0.2) is 0 Å². The smallest absolute Gasteiger partial charge is 0.308 e. The van der Waals surface area contributed by atoms with Crippen molar-refractivity contribution < 1.29 is 23.8 Å². The summed E-state index contributed by atoms with van der Waals surface area (Å²) < 4.78 is 17.1. The fourth-order valence-corrected chi connectivity index (χ4v) is 6.64. The molecular weight excluding hydrogens is 380 g/mol. The Kier molecular flexibility index (Phi) is 5.04. The third-order valence-corrected chi connectivity index (χ3v) is 8.70. The maximum atomic E-state index is 11.7. The maximum Gasteiger partial charge on any atom is 0.308 e. The van der Waals surface area contributed by atoms with Gasteiger partial charge >= 0.3 is 11.9 Å². The lowest BCUT2D eigenvalue weighted by molar-refractivity contribution is -0.133. The number of esters is 2. The van der Waals surface area contributed by atoms with Crippen molar-refractivity contribution in [3.05, 3.63) is 23.8 Å². The fourth-order valence-electron chi connectivity index (χ4n) is 6.64. The quantitative estimate of drug-likeness (QED) is 0.390. The number of carbonyl (C=O) groups is 2. The first kappa shape index (κ1) is 21.4. The summed E-state index contributed by atoms with van der Waals surface area (Å²) in [5.41, 5.74) is 1.07. The number of rotatable bonds is 4. The van der Waals surface area contributed by atoms with Gasteiger partial charge in [-0.05, 0) is 80.0 Å². The maximum absolute atomic E-state index is 11.7. The average molecular weight is 415 g/mol. The first-order valence-electron chi connectivity index (χ1n) is 11.2. The Labute approximate surface area is 179 Å². The topological polar surface area (TPSA) is 65.1 Å². The van der Waals surface area contributed by atoms with E-state index in [2.05, 4.69) is 27.7 Å². The zero-order valence-corrected chi connectivity index (χ0v) is 19.0. The van der Waals surface area contributed by atoms with E-state index < -0.39 is 0 Å². The van der Waals surface area contributed by atoms with Gasteiger partial charge in [-0.25, -0.2) is 0 Å². The summed E-state index contributed by atoms with van der Waals surface area (Å²) >= 11 is 0. The molecule has 6 atom stereocenters. The second-order valence-corrected chi connectivity index (χ2v) is 10.3. The second-order valence-electron chi connectivity index (χ2n) is 10.3. The van der Waals surface area contributed by atoms with Gasteiger partial charge < -0.3 is 14.2 Å². The van der Waals surface area contributed by atoms with Crippen LogP contribution < -0.4 is 9.47 Å². The Morgan fingerprint density at radius 1 is 1.07 bits per heavy atom. The molecule has 2 aliphatic carbocycles. The molecule has 0 amide bonds. The second kappa shape index (κ2) is 7.08. The van der Waals surface area contributed by atoms with Gasteiger partial charge in [0.05, 0.1) is 11.7 Å². The summed E-state index contributed by atoms with van der Waals surface area (Å²) in [4.78, 5) is 23.2. The van der Waals surface area contributed by atoms with Crippen LogP contribution in [0.5, 0.6) is 11.5 Å². The zero-order chi connectivity index (χ0) is 21.9. The highest BCUT2D eigenvalue weighted by molar-refractivity contribution is 5.71.